The predicted octanol–water partition coefficient (Wildman–Crippen LogP) is 3.57. The van der Waals surface area contributed by atoms with Crippen molar-refractivity contribution in [3.63, 3.8) is 0 Å². The van der Waals surface area contributed by atoms with Crippen LogP contribution in [-0.2, 0) is 10.0 Å². The van der Waals surface area contributed by atoms with Crippen molar-refractivity contribution in [2.45, 2.75) is 32.6 Å². The zero-order chi connectivity index (χ0) is 13.6. The molecule has 0 aromatic heterocycles. The number of halogens is 1. The summed E-state index contributed by atoms with van der Waals surface area (Å²) < 4.78 is 26.4. The Kier molecular flexibility index (Phi) is 5.96. The average Bonchev–Trinajstić information content (AvgIpc) is 2.29. The van der Waals surface area contributed by atoms with E-state index in [9.17, 15) is 8.42 Å². The van der Waals surface area contributed by atoms with E-state index >= 15 is 0 Å². The fraction of sp³-hybridized carbons (Fsp3) is 0.538. The Bertz CT molecular complexity index is 472. The highest BCUT2D eigenvalue weighted by Crippen LogP contribution is 2.24. The molecule has 0 saturated carbocycles. The van der Waals surface area contributed by atoms with Gasteiger partial charge in [0.15, 0.2) is 0 Å². The third-order valence-electron chi connectivity index (χ3n) is 2.64. The minimum atomic E-state index is -3.27. The Hall–Kier alpha value is -0.740. The van der Waals surface area contributed by atoms with Crippen molar-refractivity contribution in [1.82, 2.24) is 0 Å². The van der Waals surface area contributed by atoms with Gasteiger partial charge in [-0.3, -0.25) is 4.72 Å². The third-order valence-corrected chi connectivity index (χ3v) is 4.27. The Morgan fingerprint density at radius 2 is 1.89 bits per heavy atom. The lowest BCUT2D eigenvalue weighted by atomic mass is 10.0. The molecule has 0 radical (unpaired) electrons. The minimum absolute atomic E-state index is 0.117. The molecule has 0 aliphatic heterocycles. The zero-order valence-corrected chi connectivity index (χ0v) is 12.4. The van der Waals surface area contributed by atoms with Gasteiger partial charge in [0, 0.05) is 5.88 Å². The van der Waals surface area contributed by atoms with E-state index in [4.69, 9.17) is 11.6 Å². The monoisotopic (exact) mass is 289 g/mol. The second-order valence-electron chi connectivity index (χ2n) is 4.56. The molecule has 0 heterocycles. The first kappa shape index (κ1) is 15.3. The fourth-order valence-corrected chi connectivity index (χ4v) is 3.09. The molecule has 18 heavy (non-hydrogen) atoms. The number of hydrogen-bond donors (Lipinski definition) is 1. The SMILES string of the molecule is CC(C)c1ccccc1NS(=O)(=O)CCCCCl. The van der Waals surface area contributed by atoms with Gasteiger partial charge in [-0.1, -0.05) is 32.0 Å². The van der Waals surface area contributed by atoms with E-state index < -0.39 is 10.0 Å². The van der Waals surface area contributed by atoms with Crippen LogP contribution in [0, 0.1) is 0 Å². The topological polar surface area (TPSA) is 46.2 Å². The average molecular weight is 290 g/mol. The van der Waals surface area contributed by atoms with E-state index in [2.05, 4.69) is 4.72 Å². The van der Waals surface area contributed by atoms with Gasteiger partial charge in [-0.15, -0.1) is 11.6 Å². The van der Waals surface area contributed by atoms with Gasteiger partial charge in [-0.2, -0.15) is 0 Å². The molecule has 0 spiro atoms. The van der Waals surface area contributed by atoms with Crippen LogP contribution in [0.5, 0.6) is 0 Å². The smallest absolute Gasteiger partial charge is 0.232 e. The van der Waals surface area contributed by atoms with Crippen LogP contribution < -0.4 is 4.72 Å². The lowest BCUT2D eigenvalue weighted by Gasteiger charge is -2.14. The molecule has 0 aliphatic rings. The molecule has 102 valence electrons. The Labute approximate surface area is 115 Å². The van der Waals surface area contributed by atoms with Gasteiger partial charge < -0.3 is 0 Å². The number of unbranched alkanes of at least 4 members (excludes halogenated alkanes) is 1. The quantitative estimate of drug-likeness (QED) is 0.616. The normalized spacial score (nSPS) is 11.8. The van der Waals surface area contributed by atoms with Gasteiger partial charge in [0.2, 0.25) is 10.0 Å². The third kappa shape index (κ3) is 4.86. The molecule has 0 saturated heterocycles. The number of para-hydroxylation sites is 1. The van der Waals surface area contributed by atoms with E-state index in [-0.39, 0.29) is 11.7 Å². The Morgan fingerprint density at radius 3 is 2.50 bits per heavy atom. The van der Waals surface area contributed by atoms with Crippen molar-refractivity contribution in [2.75, 3.05) is 16.4 Å². The summed E-state index contributed by atoms with van der Waals surface area (Å²) in [4.78, 5) is 0. The van der Waals surface area contributed by atoms with Crippen LogP contribution in [0.2, 0.25) is 0 Å². The second kappa shape index (κ2) is 7.00. The molecule has 0 aliphatic carbocycles. The standard InChI is InChI=1S/C13H20ClNO2S/c1-11(2)12-7-3-4-8-13(12)15-18(16,17)10-6-5-9-14/h3-4,7-8,11,15H,5-6,9-10H2,1-2H3. The van der Waals surface area contributed by atoms with Crippen molar-refractivity contribution in [3.05, 3.63) is 29.8 Å². The summed E-state index contributed by atoms with van der Waals surface area (Å²) in [7, 11) is -3.27. The summed E-state index contributed by atoms with van der Waals surface area (Å²) in [6, 6.07) is 7.50. The van der Waals surface area contributed by atoms with E-state index in [1.54, 1.807) is 6.07 Å². The Morgan fingerprint density at radius 1 is 1.22 bits per heavy atom. The summed E-state index contributed by atoms with van der Waals surface area (Å²) in [5.41, 5.74) is 1.69. The second-order valence-corrected chi connectivity index (χ2v) is 6.78. The van der Waals surface area contributed by atoms with Crippen LogP contribution in [0.4, 0.5) is 5.69 Å². The first-order valence-electron chi connectivity index (χ1n) is 6.11. The molecule has 0 unspecified atom stereocenters. The number of rotatable bonds is 7. The highest BCUT2D eigenvalue weighted by atomic mass is 35.5. The van der Waals surface area contributed by atoms with Gasteiger partial charge in [-0.25, -0.2) is 8.42 Å². The van der Waals surface area contributed by atoms with Crippen molar-refractivity contribution < 1.29 is 8.42 Å². The first-order chi connectivity index (χ1) is 8.46. The molecule has 0 atom stereocenters. The van der Waals surface area contributed by atoms with Gasteiger partial charge >= 0.3 is 0 Å². The molecule has 3 nitrogen and oxygen atoms in total. The van der Waals surface area contributed by atoms with Crippen LogP contribution in [-0.4, -0.2) is 20.1 Å². The molecular formula is C13H20ClNO2S. The summed E-state index contributed by atoms with van der Waals surface area (Å²) in [6.07, 6.45) is 1.30. The summed E-state index contributed by atoms with van der Waals surface area (Å²) in [6.45, 7) is 4.08. The molecular weight excluding hydrogens is 270 g/mol. The number of alkyl halides is 1. The van der Waals surface area contributed by atoms with Crippen LogP contribution in [0.15, 0.2) is 24.3 Å². The highest BCUT2D eigenvalue weighted by molar-refractivity contribution is 7.92. The largest absolute Gasteiger partial charge is 0.283 e. The molecule has 0 fully saturated rings. The van der Waals surface area contributed by atoms with Crippen molar-refractivity contribution in [1.29, 1.82) is 0 Å². The summed E-state index contributed by atoms with van der Waals surface area (Å²) in [5, 5.41) is 0. The lowest BCUT2D eigenvalue weighted by molar-refractivity contribution is 0.598. The van der Waals surface area contributed by atoms with Crippen molar-refractivity contribution in [3.8, 4) is 0 Å². The van der Waals surface area contributed by atoms with E-state index in [1.165, 1.54) is 0 Å². The summed E-state index contributed by atoms with van der Waals surface area (Å²) >= 11 is 5.54. The fourth-order valence-electron chi connectivity index (χ4n) is 1.70. The van der Waals surface area contributed by atoms with E-state index in [1.807, 2.05) is 32.0 Å². The van der Waals surface area contributed by atoms with Gasteiger partial charge in [0.25, 0.3) is 0 Å². The van der Waals surface area contributed by atoms with Crippen LogP contribution in [0.3, 0.4) is 0 Å². The van der Waals surface area contributed by atoms with Gasteiger partial charge in [0.1, 0.15) is 0 Å². The molecule has 0 amide bonds. The molecule has 1 aromatic carbocycles. The van der Waals surface area contributed by atoms with Crippen molar-refractivity contribution >= 4 is 27.3 Å². The molecule has 1 rings (SSSR count). The lowest BCUT2D eigenvalue weighted by Crippen LogP contribution is -2.18. The number of benzene rings is 1. The highest BCUT2D eigenvalue weighted by Gasteiger charge is 2.13. The predicted molar refractivity (Wildman–Crippen MR) is 77.9 cm³/mol. The molecule has 5 heteroatoms. The van der Waals surface area contributed by atoms with Crippen LogP contribution in [0.25, 0.3) is 0 Å². The zero-order valence-electron chi connectivity index (χ0n) is 10.8. The maximum atomic E-state index is 11.9. The van der Waals surface area contributed by atoms with Crippen LogP contribution >= 0.6 is 11.6 Å². The minimum Gasteiger partial charge on any atom is -0.283 e. The number of nitrogens with one attached hydrogen (secondary N) is 1. The molecule has 0 bridgehead atoms. The van der Waals surface area contributed by atoms with Gasteiger partial charge in [-0.05, 0) is 30.4 Å². The first-order valence-corrected chi connectivity index (χ1v) is 8.30. The Balaban J connectivity index is 2.78. The summed E-state index contributed by atoms with van der Waals surface area (Å²) in [5.74, 6) is 0.899. The van der Waals surface area contributed by atoms with Crippen LogP contribution in [0.1, 0.15) is 38.2 Å². The van der Waals surface area contributed by atoms with E-state index in [0.29, 0.717) is 24.4 Å². The van der Waals surface area contributed by atoms with Gasteiger partial charge in [0.05, 0.1) is 11.4 Å². The number of sulfonamides is 1. The number of anilines is 1. The number of hydrogen-bond acceptors (Lipinski definition) is 2. The molecule has 1 aromatic rings. The maximum absolute atomic E-state index is 11.9. The van der Waals surface area contributed by atoms with Crippen molar-refractivity contribution in [2.24, 2.45) is 0 Å². The van der Waals surface area contributed by atoms with E-state index in [0.717, 1.165) is 5.56 Å². The molecule has 1 N–H and O–H groups in total. The maximum Gasteiger partial charge on any atom is 0.232 e.